The van der Waals surface area contributed by atoms with Gasteiger partial charge >= 0.3 is 12.0 Å². The van der Waals surface area contributed by atoms with Gasteiger partial charge in [0.1, 0.15) is 0 Å². The highest BCUT2D eigenvalue weighted by Gasteiger charge is 2.42. The molecule has 1 aliphatic rings. The van der Waals surface area contributed by atoms with E-state index in [4.69, 9.17) is 5.11 Å². The average Bonchev–Trinajstić information content (AvgIpc) is 2.83. The number of nitrogens with zero attached hydrogens (tertiary/aromatic N) is 1. The Bertz CT molecular complexity index is 535. The van der Waals surface area contributed by atoms with Crippen LogP contribution in [-0.4, -0.2) is 41.4 Å². The zero-order chi connectivity index (χ0) is 14.8. The molecule has 2 rings (SSSR count). The standard InChI is InChI=1S/C14H18N2O3S/c1-14(12(17)18)6-7-16(9-14)13(19)15-10-4-3-5-11(8-10)20-2/h3-5,8H,6-7,9H2,1-2H3,(H,15,19)(H,17,18). The Balaban J connectivity index is 2.01. The number of amides is 2. The number of thioether (sulfide) groups is 1. The van der Waals surface area contributed by atoms with Gasteiger partial charge in [-0.15, -0.1) is 11.8 Å². The van der Waals surface area contributed by atoms with E-state index in [0.717, 1.165) is 10.6 Å². The van der Waals surface area contributed by atoms with Crippen molar-refractivity contribution in [2.75, 3.05) is 24.7 Å². The highest BCUT2D eigenvalue weighted by atomic mass is 32.2. The van der Waals surface area contributed by atoms with Crippen molar-refractivity contribution in [1.82, 2.24) is 4.90 Å². The fourth-order valence-corrected chi connectivity index (χ4v) is 2.67. The molecule has 0 bridgehead atoms. The summed E-state index contributed by atoms with van der Waals surface area (Å²) in [5, 5.41) is 12.0. The molecule has 2 amide bonds. The van der Waals surface area contributed by atoms with Crippen molar-refractivity contribution in [1.29, 1.82) is 0 Å². The lowest BCUT2D eigenvalue weighted by Gasteiger charge is -2.20. The van der Waals surface area contributed by atoms with E-state index in [2.05, 4.69) is 5.32 Å². The van der Waals surface area contributed by atoms with Crippen LogP contribution in [0.3, 0.4) is 0 Å². The number of anilines is 1. The van der Waals surface area contributed by atoms with Crippen molar-refractivity contribution >= 4 is 29.4 Å². The minimum absolute atomic E-state index is 0.242. The smallest absolute Gasteiger partial charge is 0.321 e. The van der Waals surface area contributed by atoms with Crippen LogP contribution in [0.4, 0.5) is 10.5 Å². The predicted octanol–water partition coefficient (Wildman–Crippen LogP) is 2.74. The van der Waals surface area contributed by atoms with Gasteiger partial charge in [-0.1, -0.05) is 6.07 Å². The topological polar surface area (TPSA) is 69.6 Å². The summed E-state index contributed by atoms with van der Waals surface area (Å²) in [6, 6.07) is 7.33. The van der Waals surface area contributed by atoms with Crippen molar-refractivity contribution < 1.29 is 14.7 Å². The van der Waals surface area contributed by atoms with Crippen molar-refractivity contribution in [2.45, 2.75) is 18.2 Å². The molecular weight excluding hydrogens is 276 g/mol. The summed E-state index contributed by atoms with van der Waals surface area (Å²) in [6.07, 6.45) is 2.46. The number of carboxylic acids is 1. The molecule has 1 heterocycles. The summed E-state index contributed by atoms with van der Waals surface area (Å²) in [5.74, 6) is -0.850. The van der Waals surface area contributed by atoms with E-state index in [-0.39, 0.29) is 12.6 Å². The van der Waals surface area contributed by atoms with Gasteiger partial charge in [0.15, 0.2) is 0 Å². The Morgan fingerprint density at radius 3 is 2.80 bits per heavy atom. The second-order valence-corrected chi connectivity index (χ2v) is 6.08. The molecule has 5 nitrogen and oxygen atoms in total. The van der Waals surface area contributed by atoms with Gasteiger partial charge in [-0.25, -0.2) is 4.79 Å². The molecule has 108 valence electrons. The number of likely N-dealkylation sites (tertiary alicyclic amines) is 1. The first kappa shape index (κ1) is 14.7. The number of hydrogen-bond acceptors (Lipinski definition) is 3. The maximum atomic E-state index is 12.1. The minimum Gasteiger partial charge on any atom is -0.481 e. The lowest BCUT2D eigenvalue weighted by atomic mass is 9.90. The zero-order valence-electron chi connectivity index (χ0n) is 11.5. The second kappa shape index (κ2) is 5.75. The van der Waals surface area contributed by atoms with Crippen LogP contribution in [-0.2, 0) is 4.79 Å². The van der Waals surface area contributed by atoms with Crippen molar-refractivity contribution in [2.24, 2.45) is 5.41 Å². The molecule has 1 unspecified atom stereocenters. The lowest BCUT2D eigenvalue weighted by Crippen LogP contribution is -2.37. The Morgan fingerprint density at radius 2 is 2.20 bits per heavy atom. The van der Waals surface area contributed by atoms with Gasteiger partial charge in [0.05, 0.1) is 5.41 Å². The molecule has 0 saturated carbocycles. The number of hydrogen-bond donors (Lipinski definition) is 2. The summed E-state index contributed by atoms with van der Waals surface area (Å²) in [7, 11) is 0. The number of aliphatic carboxylic acids is 1. The number of benzene rings is 1. The third kappa shape index (κ3) is 3.07. The molecule has 2 N–H and O–H groups in total. The van der Waals surface area contributed by atoms with E-state index < -0.39 is 11.4 Å². The monoisotopic (exact) mass is 294 g/mol. The molecule has 1 atom stereocenters. The molecular formula is C14H18N2O3S. The van der Waals surface area contributed by atoms with Crippen LogP contribution in [0.5, 0.6) is 0 Å². The zero-order valence-corrected chi connectivity index (χ0v) is 12.4. The molecule has 1 saturated heterocycles. The normalized spacial score (nSPS) is 21.8. The molecule has 0 spiro atoms. The number of carboxylic acid groups (broad SMARTS) is 1. The quantitative estimate of drug-likeness (QED) is 0.841. The first-order valence-electron chi connectivity index (χ1n) is 6.38. The van der Waals surface area contributed by atoms with E-state index in [1.807, 2.05) is 30.5 Å². The van der Waals surface area contributed by atoms with Crippen LogP contribution >= 0.6 is 11.8 Å². The van der Waals surface area contributed by atoms with E-state index in [0.29, 0.717) is 13.0 Å². The van der Waals surface area contributed by atoms with Crippen LogP contribution in [0.15, 0.2) is 29.2 Å². The SMILES string of the molecule is CSc1cccc(NC(=O)N2CCC(C)(C(=O)O)C2)c1. The summed E-state index contributed by atoms with van der Waals surface area (Å²) in [5.41, 5.74) is -0.107. The third-order valence-corrected chi connectivity index (χ3v) is 4.32. The first-order valence-corrected chi connectivity index (χ1v) is 7.60. The predicted molar refractivity (Wildman–Crippen MR) is 79.2 cm³/mol. The highest BCUT2D eigenvalue weighted by molar-refractivity contribution is 7.98. The van der Waals surface area contributed by atoms with Gasteiger partial charge in [0.25, 0.3) is 0 Å². The number of carbonyl (C=O) groups excluding carboxylic acids is 1. The molecule has 0 aromatic heterocycles. The Labute approximate surface area is 122 Å². The average molecular weight is 294 g/mol. The number of carbonyl (C=O) groups is 2. The molecule has 6 heteroatoms. The number of rotatable bonds is 3. The van der Waals surface area contributed by atoms with Gasteiger partial charge in [0.2, 0.25) is 0 Å². The molecule has 0 radical (unpaired) electrons. The van der Waals surface area contributed by atoms with Gasteiger partial charge in [-0.05, 0) is 37.8 Å². The Kier molecular flexibility index (Phi) is 4.23. The van der Waals surface area contributed by atoms with Crippen molar-refractivity contribution in [3.8, 4) is 0 Å². The molecule has 1 aromatic carbocycles. The maximum absolute atomic E-state index is 12.1. The van der Waals surface area contributed by atoms with Gasteiger partial charge in [-0.2, -0.15) is 0 Å². The molecule has 1 aromatic rings. The summed E-state index contributed by atoms with van der Waals surface area (Å²) >= 11 is 1.60. The van der Waals surface area contributed by atoms with Crippen LogP contribution in [0.2, 0.25) is 0 Å². The van der Waals surface area contributed by atoms with E-state index in [1.54, 1.807) is 23.6 Å². The van der Waals surface area contributed by atoms with Crippen LogP contribution < -0.4 is 5.32 Å². The maximum Gasteiger partial charge on any atom is 0.321 e. The van der Waals surface area contributed by atoms with Gasteiger partial charge in [-0.3, -0.25) is 4.79 Å². The Morgan fingerprint density at radius 1 is 1.45 bits per heavy atom. The fourth-order valence-electron chi connectivity index (χ4n) is 2.21. The van der Waals surface area contributed by atoms with Crippen molar-refractivity contribution in [3.63, 3.8) is 0 Å². The largest absolute Gasteiger partial charge is 0.481 e. The minimum atomic E-state index is -0.850. The fraction of sp³-hybridized carbons (Fsp3) is 0.429. The summed E-state index contributed by atoms with van der Waals surface area (Å²) in [4.78, 5) is 25.9. The summed E-state index contributed by atoms with van der Waals surface area (Å²) in [6.45, 7) is 2.39. The number of nitrogens with one attached hydrogen (secondary N) is 1. The van der Waals surface area contributed by atoms with Crippen LogP contribution in [0.25, 0.3) is 0 Å². The lowest BCUT2D eigenvalue weighted by molar-refractivity contribution is -0.146. The highest BCUT2D eigenvalue weighted by Crippen LogP contribution is 2.30. The molecule has 1 aliphatic heterocycles. The van der Waals surface area contributed by atoms with Gasteiger partial charge < -0.3 is 15.3 Å². The summed E-state index contributed by atoms with van der Waals surface area (Å²) < 4.78 is 0. The molecule has 20 heavy (non-hydrogen) atoms. The van der Waals surface area contributed by atoms with Gasteiger partial charge in [0, 0.05) is 23.7 Å². The molecule has 0 aliphatic carbocycles. The van der Waals surface area contributed by atoms with E-state index >= 15 is 0 Å². The van der Waals surface area contributed by atoms with Crippen LogP contribution in [0, 0.1) is 5.41 Å². The molecule has 1 fully saturated rings. The second-order valence-electron chi connectivity index (χ2n) is 5.20. The third-order valence-electron chi connectivity index (χ3n) is 3.60. The van der Waals surface area contributed by atoms with E-state index in [9.17, 15) is 9.59 Å². The Hall–Kier alpha value is -1.69. The number of urea groups is 1. The van der Waals surface area contributed by atoms with Crippen LogP contribution in [0.1, 0.15) is 13.3 Å². The first-order chi connectivity index (χ1) is 9.44. The van der Waals surface area contributed by atoms with Crippen molar-refractivity contribution in [3.05, 3.63) is 24.3 Å². The van der Waals surface area contributed by atoms with E-state index in [1.165, 1.54) is 0 Å².